The van der Waals surface area contributed by atoms with Crippen LogP contribution in [0.3, 0.4) is 0 Å². The molecule has 2 bridgehead atoms. The van der Waals surface area contributed by atoms with E-state index in [0.29, 0.717) is 12.5 Å². The van der Waals surface area contributed by atoms with E-state index >= 15 is 0 Å². The third kappa shape index (κ3) is 1.86. The fraction of sp³-hybridized carbons (Fsp3) is 0.833. The molecule has 0 aromatic rings. The predicted molar refractivity (Wildman–Crippen MR) is 54.7 cm³/mol. The van der Waals surface area contributed by atoms with E-state index in [1.54, 1.807) is 6.92 Å². The zero-order valence-corrected chi connectivity index (χ0v) is 9.11. The first kappa shape index (κ1) is 10.5. The minimum absolute atomic E-state index is 0.271. The van der Waals surface area contributed by atoms with Crippen LogP contribution in [0.4, 0.5) is 0 Å². The standard InChI is InChI=1S/C12H17NO2/c1-2-15-12(14)11(7-13)10-6-8-3-4-9(10)5-8/h8-11H,2-6H2,1H3. The molecule has 2 saturated carbocycles. The van der Waals surface area contributed by atoms with E-state index < -0.39 is 5.92 Å². The summed E-state index contributed by atoms with van der Waals surface area (Å²) in [6.45, 7) is 2.16. The largest absolute Gasteiger partial charge is 0.465 e. The van der Waals surface area contributed by atoms with Crippen molar-refractivity contribution in [1.82, 2.24) is 0 Å². The molecule has 2 rings (SSSR count). The highest BCUT2D eigenvalue weighted by Crippen LogP contribution is 2.51. The number of hydrogen-bond donors (Lipinski definition) is 0. The molecular weight excluding hydrogens is 190 g/mol. The molecule has 0 heterocycles. The first-order chi connectivity index (χ1) is 7.26. The van der Waals surface area contributed by atoms with Gasteiger partial charge in [-0.15, -0.1) is 0 Å². The summed E-state index contributed by atoms with van der Waals surface area (Å²) in [6.07, 6.45) is 4.78. The van der Waals surface area contributed by atoms with Gasteiger partial charge in [-0.3, -0.25) is 4.79 Å². The molecule has 3 heteroatoms. The number of ether oxygens (including phenoxy) is 1. The van der Waals surface area contributed by atoms with E-state index in [1.165, 1.54) is 19.3 Å². The lowest BCUT2D eigenvalue weighted by molar-refractivity contribution is -0.148. The SMILES string of the molecule is CCOC(=O)C(C#N)C1CC2CCC1C2. The summed E-state index contributed by atoms with van der Waals surface area (Å²) < 4.78 is 4.95. The van der Waals surface area contributed by atoms with Gasteiger partial charge in [0.2, 0.25) is 0 Å². The maximum absolute atomic E-state index is 11.6. The Labute approximate surface area is 90.4 Å². The highest BCUT2D eigenvalue weighted by atomic mass is 16.5. The number of nitriles is 1. The third-order valence-corrected chi connectivity index (χ3v) is 3.90. The van der Waals surface area contributed by atoms with Crippen molar-refractivity contribution >= 4 is 5.97 Å². The fourth-order valence-electron chi connectivity index (χ4n) is 3.26. The fourth-order valence-corrected chi connectivity index (χ4v) is 3.26. The van der Waals surface area contributed by atoms with E-state index in [4.69, 9.17) is 10.00 Å². The van der Waals surface area contributed by atoms with Crippen LogP contribution in [0.2, 0.25) is 0 Å². The monoisotopic (exact) mass is 207 g/mol. The second-order valence-electron chi connectivity index (χ2n) is 4.70. The van der Waals surface area contributed by atoms with Crippen LogP contribution < -0.4 is 0 Å². The molecule has 2 aliphatic carbocycles. The Morgan fingerprint density at radius 1 is 1.53 bits per heavy atom. The van der Waals surface area contributed by atoms with Crippen molar-refractivity contribution in [2.45, 2.75) is 32.6 Å². The summed E-state index contributed by atoms with van der Waals surface area (Å²) in [4.78, 5) is 11.6. The van der Waals surface area contributed by atoms with Crippen molar-refractivity contribution < 1.29 is 9.53 Å². The Morgan fingerprint density at radius 3 is 2.80 bits per heavy atom. The van der Waals surface area contributed by atoms with E-state index in [-0.39, 0.29) is 11.9 Å². The lowest BCUT2D eigenvalue weighted by Crippen LogP contribution is -2.28. The van der Waals surface area contributed by atoms with Crippen LogP contribution in [0.15, 0.2) is 0 Å². The molecule has 4 atom stereocenters. The van der Waals surface area contributed by atoms with Gasteiger partial charge < -0.3 is 4.74 Å². The Bertz CT molecular complexity index is 294. The normalized spacial score (nSPS) is 34.8. The second kappa shape index (κ2) is 4.22. The summed E-state index contributed by atoms with van der Waals surface area (Å²) in [7, 11) is 0. The molecule has 82 valence electrons. The quantitative estimate of drug-likeness (QED) is 0.666. The average molecular weight is 207 g/mol. The highest BCUT2D eigenvalue weighted by Gasteiger charge is 2.45. The lowest BCUT2D eigenvalue weighted by Gasteiger charge is -2.24. The molecule has 0 N–H and O–H groups in total. The minimum atomic E-state index is -0.514. The van der Waals surface area contributed by atoms with E-state index in [9.17, 15) is 4.79 Å². The number of fused-ring (bicyclic) bond motifs is 2. The van der Waals surface area contributed by atoms with E-state index in [0.717, 1.165) is 12.3 Å². The molecule has 0 saturated heterocycles. The Morgan fingerprint density at radius 2 is 2.33 bits per heavy atom. The van der Waals surface area contributed by atoms with Crippen molar-refractivity contribution in [3.63, 3.8) is 0 Å². The second-order valence-corrected chi connectivity index (χ2v) is 4.70. The highest BCUT2D eigenvalue weighted by molar-refractivity contribution is 5.75. The van der Waals surface area contributed by atoms with Gasteiger partial charge in [0.1, 0.15) is 5.92 Å². The van der Waals surface area contributed by atoms with Crippen LogP contribution >= 0.6 is 0 Å². The van der Waals surface area contributed by atoms with Gasteiger partial charge >= 0.3 is 5.97 Å². The summed E-state index contributed by atoms with van der Waals surface area (Å²) in [5, 5.41) is 9.06. The summed E-state index contributed by atoms with van der Waals surface area (Å²) in [5.41, 5.74) is 0. The molecule has 0 amide bonds. The lowest BCUT2D eigenvalue weighted by atomic mass is 9.80. The number of carbonyl (C=O) groups is 1. The summed E-state index contributed by atoms with van der Waals surface area (Å²) in [6, 6.07) is 2.14. The van der Waals surface area contributed by atoms with Gasteiger partial charge in [0, 0.05) is 0 Å². The Kier molecular flexibility index (Phi) is 2.95. The zero-order valence-electron chi connectivity index (χ0n) is 9.11. The van der Waals surface area contributed by atoms with Crippen molar-refractivity contribution in [3.8, 4) is 6.07 Å². The number of nitrogens with zero attached hydrogens (tertiary/aromatic N) is 1. The first-order valence-corrected chi connectivity index (χ1v) is 5.82. The van der Waals surface area contributed by atoms with Gasteiger partial charge in [0.05, 0.1) is 12.7 Å². The summed E-state index contributed by atoms with van der Waals surface area (Å²) >= 11 is 0. The Balaban J connectivity index is 2.02. The predicted octanol–water partition coefficient (Wildman–Crippen LogP) is 2.13. The first-order valence-electron chi connectivity index (χ1n) is 5.82. The van der Waals surface area contributed by atoms with Crippen LogP contribution in [-0.4, -0.2) is 12.6 Å². The van der Waals surface area contributed by atoms with Crippen LogP contribution in [0, 0.1) is 35.0 Å². The van der Waals surface area contributed by atoms with Crippen LogP contribution in [0.25, 0.3) is 0 Å². The zero-order chi connectivity index (χ0) is 10.8. The van der Waals surface area contributed by atoms with E-state index in [1.807, 2.05) is 0 Å². The van der Waals surface area contributed by atoms with Gasteiger partial charge in [0.15, 0.2) is 0 Å². The van der Waals surface area contributed by atoms with Crippen molar-refractivity contribution in [2.75, 3.05) is 6.61 Å². The van der Waals surface area contributed by atoms with Gasteiger partial charge in [-0.25, -0.2) is 0 Å². The molecule has 0 spiro atoms. The molecule has 2 fully saturated rings. The summed E-state index contributed by atoms with van der Waals surface area (Å²) in [5.74, 6) is 0.819. The molecule has 15 heavy (non-hydrogen) atoms. The van der Waals surface area contributed by atoms with Gasteiger partial charge in [-0.1, -0.05) is 6.42 Å². The number of carbonyl (C=O) groups excluding carboxylic acids is 1. The van der Waals surface area contributed by atoms with Gasteiger partial charge in [-0.2, -0.15) is 5.26 Å². The Hall–Kier alpha value is -1.04. The minimum Gasteiger partial charge on any atom is -0.465 e. The molecule has 4 unspecified atom stereocenters. The molecule has 0 aromatic carbocycles. The number of hydrogen-bond acceptors (Lipinski definition) is 3. The van der Waals surface area contributed by atoms with Crippen LogP contribution in [0.1, 0.15) is 32.6 Å². The molecule has 3 nitrogen and oxygen atoms in total. The van der Waals surface area contributed by atoms with Crippen LogP contribution in [-0.2, 0) is 9.53 Å². The van der Waals surface area contributed by atoms with Crippen molar-refractivity contribution in [1.29, 1.82) is 5.26 Å². The van der Waals surface area contributed by atoms with Gasteiger partial charge in [0.25, 0.3) is 0 Å². The average Bonchev–Trinajstić information content (AvgIpc) is 2.81. The maximum Gasteiger partial charge on any atom is 0.323 e. The topological polar surface area (TPSA) is 50.1 Å². The number of rotatable bonds is 3. The third-order valence-electron chi connectivity index (χ3n) is 3.90. The van der Waals surface area contributed by atoms with Crippen LogP contribution in [0.5, 0.6) is 0 Å². The molecule has 0 aromatic heterocycles. The molecule has 0 radical (unpaired) electrons. The smallest absolute Gasteiger partial charge is 0.323 e. The maximum atomic E-state index is 11.6. The molecule has 0 aliphatic heterocycles. The molecule has 2 aliphatic rings. The molecular formula is C12H17NO2. The van der Waals surface area contributed by atoms with Gasteiger partial charge in [-0.05, 0) is 43.9 Å². The van der Waals surface area contributed by atoms with E-state index in [2.05, 4.69) is 6.07 Å². The van der Waals surface area contributed by atoms with Crippen molar-refractivity contribution in [3.05, 3.63) is 0 Å². The number of esters is 1. The van der Waals surface area contributed by atoms with Crippen molar-refractivity contribution in [2.24, 2.45) is 23.7 Å².